The molecule has 0 saturated carbocycles. The Balaban J connectivity index is 2.16. The summed E-state index contributed by atoms with van der Waals surface area (Å²) in [6, 6.07) is 0. The monoisotopic (exact) mass is 277 g/mol. The Hall–Kier alpha value is -1.20. The Morgan fingerprint density at radius 3 is 2.58 bits per heavy atom. The first-order chi connectivity index (χ1) is 9.01. The molecule has 0 atom stereocenters. The van der Waals surface area contributed by atoms with Gasteiger partial charge in [-0.3, -0.25) is 4.99 Å². The van der Waals surface area contributed by atoms with Crippen LogP contribution in [0.5, 0.6) is 0 Å². The van der Waals surface area contributed by atoms with Crippen LogP contribution in [0.1, 0.15) is 38.5 Å². The fraction of sp³-hybridized carbons (Fsp3) is 0.769. The quantitative estimate of drug-likeness (QED) is 0.460. The van der Waals surface area contributed by atoms with Crippen molar-refractivity contribution in [3.63, 3.8) is 0 Å². The molecule has 0 radical (unpaired) electrons. The number of nitrogens with zero attached hydrogens (tertiary/aromatic N) is 1. The third-order valence-electron chi connectivity index (χ3n) is 3.05. The molecule has 1 aliphatic carbocycles. The van der Waals surface area contributed by atoms with Crippen LogP contribution in [0.3, 0.4) is 0 Å². The lowest BCUT2D eigenvalue weighted by molar-refractivity contribution is -0.132. The molecule has 0 aromatic carbocycles. The van der Waals surface area contributed by atoms with Crippen molar-refractivity contribution in [2.24, 2.45) is 4.99 Å². The van der Waals surface area contributed by atoms with E-state index in [1.165, 1.54) is 18.4 Å². The zero-order valence-electron chi connectivity index (χ0n) is 11.3. The molecular weight excluding hydrogens is 255 g/mol. The van der Waals surface area contributed by atoms with Crippen molar-refractivity contribution >= 4 is 5.96 Å². The molecule has 0 aromatic heterocycles. The van der Waals surface area contributed by atoms with Gasteiger partial charge in [0, 0.05) is 20.1 Å². The number of guanidine groups is 1. The molecule has 0 unspecified atom stereocenters. The third-order valence-corrected chi connectivity index (χ3v) is 3.05. The SMILES string of the molecule is CN=C(NCCC1=CCCCC1)NCCC(F)(F)F. The molecule has 0 aromatic rings. The first kappa shape index (κ1) is 15.9. The highest BCUT2D eigenvalue weighted by Crippen LogP contribution is 2.19. The lowest BCUT2D eigenvalue weighted by atomic mass is 9.97. The van der Waals surface area contributed by atoms with Crippen LogP contribution in [0.25, 0.3) is 0 Å². The minimum Gasteiger partial charge on any atom is -0.356 e. The van der Waals surface area contributed by atoms with E-state index in [4.69, 9.17) is 0 Å². The molecule has 6 heteroatoms. The average Bonchev–Trinajstić information content (AvgIpc) is 2.37. The van der Waals surface area contributed by atoms with Crippen LogP contribution in [0, 0.1) is 0 Å². The zero-order valence-corrected chi connectivity index (χ0v) is 11.3. The van der Waals surface area contributed by atoms with Gasteiger partial charge in [-0.2, -0.15) is 13.2 Å². The third kappa shape index (κ3) is 7.74. The number of rotatable bonds is 5. The lowest BCUT2D eigenvalue weighted by Crippen LogP contribution is -2.39. The topological polar surface area (TPSA) is 36.4 Å². The second-order valence-electron chi connectivity index (χ2n) is 4.65. The summed E-state index contributed by atoms with van der Waals surface area (Å²) in [4.78, 5) is 3.90. The predicted molar refractivity (Wildman–Crippen MR) is 71.2 cm³/mol. The summed E-state index contributed by atoms with van der Waals surface area (Å²) in [5, 5.41) is 5.70. The van der Waals surface area contributed by atoms with Crippen LogP contribution in [-0.2, 0) is 0 Å². The normalized spacial score (nSPS) is 17.1. The minimum absolute atomic E-state index is 0.147. The Labute approximate surface area is 112 Å². The molecule has 2 N–H and O–H groups in total. The van der Waals surface area contributed by atoms with Crippen molar-refractivity contribution in [2.75, 3.05) is 20.1 Å². The molecule has 0 heterocycles. The standard InChI is InChI=1S/C13H22F3N3/c1-17-12(19-10-8-13(14,15)16)18-9-7-11-5-3-2-4-6-11/h5H,2-4,6-10H2,1H3,(H2,17,18,19). The van der Waals surface area contributed by atoms with Gasteiger partial charge in [0.05, 0.1) is 6.42 Å². The van der Waals surface area contributed by atoms with Crippen molar-refractivity contribution in [1.82, 2.24) is 10.6 Å². The molecule has 1 aliphatic rings. The van der Waals surface area contributed by atoms with E-state index in [9.17, 15) is 13.2 Å². The molecule has 0 fully saturated rings. The number of nitrogens with one attached hydrogen (secondary N) is 2. The maximum absolute atomic E-state index is 12.0. The van der Waals surface area contributed by atoms with E-state index in [1.54, 1.807) is 7.05 Å². The first-order valence-electron chi connectivity index (χ1n) is 6.70. The molecule has 19 heavy (non-hydrogen) atoms. The van der Waals surface area contributed by atoms with Crippen LogP contribution in [0.4, 0.5) is 13.2 Å². The molecule has 0 bridgehead atoms. The Morgan fingerprint density at radius 1 is 1.26 bits per heavy atom. The van der Waals surface area contributed by atoms with Gasteiger partial charge >= 0.3 is 6.18 Å². The van der Waals surface area contributed by atoms with E-state index in [1.807, 2.05) is 0 Å². The summed E-state index contributed by atoms with van der Waals surface area (Å²) in [5.41, 5.74) is 1.43. The number of aliphatic imine (C=N–C) groups is 1. The number of hydrogen-bond donors (Lipinski definition) is 2. The number of hydrogen-bond acceptors (Lipinski definition) is 1. The average molecular weight is 277 g/mol. The van der Waals surface area contributed by atoms with Crippen molar-refractivity contribution in [1.29, 1.82) is 0 Å². The van der Waals surface area contributed by atoms with E-state index in [0.717, 1.165) is 19.3 Å². The maximum atomic E-state index is 12.0. The molecule has 1 rings (SSSR count). The van der Waals surface area contributed by atoms with Gasteiger partial charge in [-0.15, -0.1) is 0 Å². The van der Waals surface area contributed by atoms with Gasteiger partial charge in [-0.25, -0.2) is 0 Å². The van der Waals surface area contributed by atoms with Crippen LogP contribution >= 0.6 is 0 Å². The van der Waals surface area contributed by atoms with Crippen LogP contribution in [0.15, 0.2) is 16.6 Å². The number of alkyl halides is 3. The molecular formula is C13H22F3N3. The molecule has 3 nitrogen and oxygen atoms in total. The highest BCUT2D eigenvalue weighted by atomic mass is 19.4. The Kier molecular flexibility index (Phi) is 6.73. The Morgan fingerprint density at radius 2 is 2.00 bits per heavy atom. The lowest BCUT2D eigenvalue weighted by Gasteiger charge is -2.15. The zero-order chi connectivity index (χ0) is 14.1. The molecule has 0 aliphatic heterocycles. The largest absolute Gasteiger partial charge is 0.390 e. The summed E-state index contributed by atoms with van der Waals surface area (Å²) in [5.74, 6) is 0.431. The number of allylic oxidation sites excluding steroid dienone is 1. The second-order valence-corrected chi connectivity index (χ2v) is 4.65. The number of halogens is 3. The van der Waals surface area contributed by atoms with Gasteiger partial charge in [0.1, 0.15) is 0 Å². The van der Waals surface area contributed by atoms with Crippen molar-refractivity contribution < 1.29 is 13.2 Å². The van der Waals surface area contributed by atoms with E-state index >= 15 is 0 Å². The van der Waals surface area contributed by atoms with Crippen LogP contribution in [0.2, 0.25) is 0 Å². The summed E-state index contributed by atoms with van der Waals surface area (Å²) in [6.45, 7) is 0.559. The van der Waals surface area contributed by atoms with Gasteiger partial charge < -0.3 is 10.6 Å². The van der Waals surface area contributed by atoms with Crippen LogP contribution < -0.4 is 10.6 Å². The predicted octanol–water partition coefficient (Wildman–Crippen LogP) is 2.99. The molecule has 110 valence electrons. The smallest absolute Gasteiger partial charge is 0.356 e. The van der Waals surface area contributed by atoms with Crippen LogP contribution in [-0.4, -0.2) is 32.3 Å². The van der Waals surface area contributed by atoms with Gasteiger partial charge in [0.15, 0.2) is 5.96 Å². The minimum atomic E-state index is -4.13. The highest BCUT2D eigenvalue weighted by molar-refractivity contribution is 5.79. The van der Waals surface area contributed by atoms with Crippen molar-refractivity contribution in [3.05, 3.63) is 11.6 Å². The van der Waals surface area contributed by atoms with Gasteiger partial charge in [-0.1, -0.05) is 11.6 Å². The van der Waals surface area contributed by atoms with Crippen molar-refractivity contribution in [3.8, 4) is 0 Å². The molecule has 0 amide bonds. The maximum Gasteiger partial charge on any atom is 0.390 e. The summed E-state index contributed by atoms with van der Waals surface area (Å²) in [6.07, 6.45) is 3.01. The molecule has 0 saturated heterocycles. The Bertz CT molecular complexity index is 322. The van der Waals surface area contributed by atoms with Gasteiger partial charge in [0.2, 0.25) is 0 Å². The van der Waals surface area contributed by atoms with Crippen molar-refractivity contribution in [2.45, 2.75) is 44.7 Å². The molecule has 0 spiro atoms. The summed E-state index contributed by atoms with van der Waals surface area (Å²) in [7, 11) is 1.56. The summed E-state index contributed by atoms with van der Waals surface area (Å²) < 4.78 is 36.0. The fourth-order valence-corrected chi connectivity index (χ4v) is 2.02. The van der Waals surface area contributed by atoms with E-state index < -0.39 is 12.6 Å². The van der Waals surface area contributed by atoms with E-state index in [2.05, 4.69) is 21.7 Å². The van der Waals surface area contributed by atoms with E-state index in [-0.39, 0.29) is 6.54 Å². The second kappa shape index (κ2) is 8.07. The van der Waals surface area contributed by atoms with Gasteiger partial charge in [0.25, 0.3) is 0 Å². The summed E-state index contributed by atoms with van der Waals surface area (Å²) >= 11 is 0. The highest BCUT2D eigenvalue weighted by Gasteiger charge is 2.26. The van der Waals surface area contributed by atoms with E-state index in [0.29, 0.717) is 12.5 Å². The van der Waals surface area contributed by atoms with Gasteiger partial charge in [-0.05, 0) is 32.1 Å². The fourth-order valence-electron chi connectivity index (χ4n) is 2.02. The first-order valence-corrected chi connectivity index (χ1v) is 6.70.